The largest absolute Gasteiger partial charge is 0.492 e. The van der Waals surface area contributed by atoms with E-state index in [0.29, 0.717) is 17.1 Å². The van der Waals surface area contributed by atoms with Crippen LogP contribution in [0.1, 0.15) is 10.4 Å². The van der Waals surface area contributed by atoms with Gasteiger partial charge in [0.15, 0.2) is 0 Å². The Morgan fingerprint density at radius 1 is 1.13 bits per heavy atom. The van der Waals surface area contributed by atoms with Crippen molar-refractivity contribution in [2.24, 2.45) is 7.05 Å². The highest BCUT2D eigenvalue weighted by molar-refractivity contribution is 6.03. The molecule has 0 bridgehead atoms. The molecule has 3 rings (SSSR count). The Bertz CT molecular complexity index is 828. The first-order valence-electron chi connectivity index (χ1n) is 6.98. The zero-order valence-electron chi connectivity index (χ0n) is 12.4. The van der Waals surface area contributed by atoms with E-state index in [0.717, 1.165) is 0 Å². The Labute approximate surface area is 133 Å². The maximum absolute atomic E-state index is 12.3. The number of hydrogen-bond acceptors (Lipinski definition) is 4. The summed E-state index contributed by atoms with van der Waals surface area (Å²) in [6, 6.07) is 16.2. The number of ether oxygens (including phenoxy) is 1. The standard InChI is InChI=1S/C17H15N3O3/c1-20-11-15(21)18-17(20)19-16(22)12-6-5-9-14(10-12)23-13-7-3-2-4-8-13/h2-11,21H,1H3,(H,18,19,22). The molecule has 0 radical (unpaired) electrons. The maximum Gasteiger partial charge on any atom is 0.258 e. The van der Waals surface area contributed by atoms with Crippen LogP contribution in [-0.2, 0) is 7.05 Å². The van der Waals surface area contributed by atoms with Gasteiger partial charge < -0.3 is 14.4 Å². The lowest BCUT2D eigenvalue weighted by Crippen LogP contribution is -2.14. The van der Waals surface area contributed by atoms with Gasteiger partial charge in [0.05, 0.1) is 6.20 Å². The summed E-state index contributed by atoms with van der Waals surface area (Å²) >= 11 is 0. The monoisotopic (exact) mass is 309 g/mol. The first kappa shape index (κ1) is 14.6. The summed E-state index contributed by atoms with van der Waals surface area (Å²) < 4.78 is 7.23. The average molecular weight is 309 g/mol. The second kappa shape index (κ2) is 6.23. The Hall–Kier alpha value is -3.28. The molecule has 0 saturated heterocycles. The highest BCUT2D eigenvalue weighted by atomic mass is 16.5. The van der Waals surface area contributed by atoms with Crippen molar-refractivity contribution >= 4 is 11.9 Å². The van der Waals surface area contributed by atoms with E-state index in [1.165, 1.54) is 10.8 Å². The number of aryl methyl sites for hydroxylation is 1. The third kappa shape index (κ3) is 3.49. The van der Waals surface area contributed by atoms with Gasteiger partial charge in [-0.1, -0.05) is 24.3 Å². The normalized spacial score (nSPS) is 10.3. The first-order valence-corrected chi connectivity index (χ1v) is 6.98. The topological polar surface area (TPSA) is 76.4 Å². The molecule has 0 aliphatic rings. The van der Waals surface area contributed by atoms with Gasteiger partial charge in [0.2, 0.25) is 11.8 Å². The predicted octanol–water partition coefficient (Wildman–Crippen LogP) is 3.17. The lowest BCUT2D eigenvalue weighted by Gasteiger charge is -2.08. The number of carbonyl (C=O) groups excluding carboxylic acids is 1. The fourth-order valence-corrected chi connectivity index (χ4v) is 2.07. The van der Waals surface area contributed by atoms with E-state index in [4.69, 9.17) is 4.74 Å². The number of aromatic hydroxyl groups is 1. The van der Waals surface area contributed by atoms with Gasteiger partial charge in [-0.15, -0.1) is 0 Å². The average Bonchev–Trinajstić information content (AvgIpc) is 2.86. The highest BCUT2D eigenvalue weighted by Crippen LogP contribution is 2.22. The van der Waals surface area contributed by atoms with E-state index in [1.807, 2.05) is 30.3 Å². The number of anilines is 1. The molecular weight excluding hydrogens is 294 g/mol. The number of nitrogens with one attached hydrogen (secondary N) is 1. The van der Waals surface area contributed by atoms with E-state index in [9.17, 15) is 9.90 Å². The zero-order valence-corrected chi connectivity index (χ0v) is 12.4. The van der Waals surface area contributed by atoms with Crippen molar-refractivity contribution in [3.05, 3.63) is 66.4 Å². The van der Waals surface area contributed by atoms with Crippen LogP contribution in [0.3, 0.4) is 0 Å². The molecule has 0 spiro atoms. The summed E-state index contributed by atoms with van der Waals surface area (Å²) in [5.41, 5.74) is 0.431. The SMILES string of the molecule is Cn1cc(O)nc1NC(=O)c1cccc(Oc2ccccc2)c1. The van der Waals surface area contributed by atoms with Crippen molar-refractivity contribution in [2.75, 3.05) is 5.32 Å². The third-order valence-corrected chi connectivity index (χ3v) is 3.16. The van der Waals surface area contributed by atoms with Crippen molar-refractivity contribution in [1.29, 1.82) is 0 Å². The molecule has 1 amide bonds. The van der Waals surface area contributed by atoms with Gasteiger partial charge in [-0.3, -0.25) is 10.1 Å². The minimum Gasteiger partial charge on any atom is -0.492 e. The molecule has 6 heteroatoms. The molecule has 116 valence electrons. The number of hydrogen-bond donors (Lipinski definition) is 2. The van der Waals surface area contributed by atoms with E-state index < -0.39 is 0 Å². The quantitative estimate of drug-likeness (QED) is 0.776. The van der Waals surface area contributed by atoms with Crippen LogP contribution >= 0.6 is 0 Å². The van der Waals surface area contributed by atoms with Crippen LogP contribution in [0.15, 0.2) is 60.8 Å². The summed E-state index contributed by atoms with van der Waals surface area (Å²) in [4.78, 5) is 16.1. The summed E-state index contributed by atoms with van der Waals surface area (Å²) in [7, 11) is 1.68. The van der Waals surface area contributed by atoms with Crippen LogP contribution in [0.4, 0.5) is 5.95 Å². The van der Waals surface area contributed by atoms with Gasteiger partial charge in [-0.25, -0.2) is 0 Å². The van der Waals surface area contributed by atoms with Crippen LogP contribution in [-0.4, -0.2) is 20.6 Å². The Kier molecular flexibility index (Phi) is 3.97. The van der Waals surface area contributed by atoms with Gasteiger partial charge in [0.25, 0.3) is 5.91 Å². The van der Waals surface area contributed by atoms with Crippen molar-refractivity contribution in [2.45, 2.75) is 0 Å². The van der Waals surface area contributed by atoms with Gasteiger partial charge in [-0.05, 0) is 30.3 Å². The van der Waals surface area contributed by atoms with Crippen LogP contribution in [0, 0.1) is 0 Å². The number of rotatable bonds is 4. The fraction of sp³-hybridized carbons (Fsp3) is 0.0588. The number of imidazole rings is 1. The molecule has 23 heavy (non-hydrogen) atoms. The first-order chi connectivity index (χ1) is 11.1. The molecule has 1 aromatic heterocycles. The molecule has 0 unspecified atom stereocenters. The molecule has 2 N–H and O–H groups in total. The Balaban J connectivity index is 1.76. The molecule has 0 aliphatic carbocycles. The molecular formula is C17H15N3O3. The van der Waals surface area contributed by atoms with Gasteiger partial charge in [0.1, 0.15) is 11.5 Å². The molecule has 0 aliphatic heterocycles. The fourth-order valence-electron chi connectivity index (χ4n) is 2.07. The minimum atomic E-state index is -0.336. The molecule has 0 atom stereocenters. The molecule has 3 aromatic rings. The number of carbonyl (C=O) groups is 1. The lowest BCUT2D eigenvalue weighted by atomic mass is 10.2. The van der Waals surface area contributed by atoms with E-state index >= 15 is 0 Å². The number of amides is 1. The van der Waals surface area contributed by atoms with E-state index in [1.54, 1.807) is 31.3 Å². The molecule has 1 heterocycles. The summed E-state index contributed by atoms with van der Waals surface area (Å²) in [5, 5.41) is 12.0. The number of benzene rings is 2. The van der Waals surface area contributed by atoms with Crippen molar-refractivity contribution in [3.8, 4) is 17.4 Å². The smallest absolute Gasteiger partial charge is 0.258 e. The van der Waals surface area contributed by atoms with Crippen LogP contribution in [0.25, 0.3) is 0 Å². The van der Waals surface area contributed by atoms with Crippen molar-refractivity contribution in [1.82, 2.24) is 9.55 Å². The number of para-hydroxylation sites is 1. The maximum atomic E-state index is 12.3. The van der Waals surface area contributed by atoms with E-state index in [2.05, 4.69) is 10.3 Å². The van der Waals surface area contributed by atoms with Crippen LogP contribution in [0.2, 0.25) is 0 Å². The number of aromatic nitrogens is 2. The summed E-state index contributed by atoms with van der Waals surface area (Å²) in [5.74, 6) is 1.04. The second-order valence-corrected chi connectivity index (χ2v) is 4.93. The van der Waals surface area contributed by atoms with Crippen LogP contribution < -0.4 is 10.1 Å². The highest BCUT2D eigenvalue weighted by Gasteiger charge is 2.11. The molecule has 2 aromatic carbocycles. The molecule has 0 saturated carbocycles. The van der Waals surface area contributed by atoms with Crippen molar-refractivity contribution in [3.63, 3.8) is 0 Å². The Morgan fingerprint density at radius 3 is 2.57 bits per heavy atom. The summed E-state index contributed by atoms with van der Waals surface area (Å²) in [6.07, 6.45) is 1.41. The van der Waals surface area contributed by atoms with Crippen LogP contribution in [0.5, 0.6) is 17.4 Å². The number of nitrogens with zero attached hydrogens (tertiary/aromatic N) is 2. The lowest BCUT2D eigenvalue weighted by molar-refractivity contribution is 0.102. The van der Waals surface area contributed by atoms with Crippen molar-refractivity contribution < 1.29 is 14.6 Å². The molecule has 0 fully saturated rings. The third-order valence-electron chi connectivity index (χ3n) is 3.16. The predicted molar refractivity (Wildman–Crippen MR) is 85.8 cm³/mol. The van der Waals surface area contributed by atoms with Gasteiger partial charge >= 0.3 is 0 Å². The Morgan fingerprint density at radius 2 is 1.87 bits per heavy atom. The molecule has 6 nitrogen and oxygen atoms in total. The zero-order chi connectivity index (χ0) is 16.2. The van der Waals surface area contributed by atoms with Gasteiger partial charge in [-0.2, -0.15) is 4.98 Å². The van der Waals surface area contributed by atoms with Gasteiger partial charge in [0, 0.05) is 12.6 Å². The second-order valence-electron chi connectivity index (χ2n) is 4.93. The summed E-state index contributed by atoms with van der Waals surface area (Å²) in [6.45, 7) is 0. The minimum absolute atomic E-state index is 0.149. The van der Waals surface area contributed by atoms with E-state index in [-0.39, 0.29) is 17.7 Å².